The van der Waals surface area contributed by atoms with Crippen LogP contribution in [0.15, 0.2) is 206 Å². The van der Waals surface area contributed by atoms with Crippen molar-refractivity contribution in [3.05, 3.63) is 206 Å². The summed E-state index contributed by atoms with van der Waals surface area (Å²) in [6.07, 6.45) is 0. The van der Waals surface area contributed by atoms with Crippen molar-refractivity contribution in [3.8, 4) is 27.9 Å². The van der Waals surface area contributed by atoms with E-state index in [-0.39, 0.29) is 0 Å². The zero-order valence-corrected chi connectivity index (χ0v) is 33.0. The fourth-order valence-electron chi connectivity index (χ4n) is 8.82. The largest absolute Gasteiger partial charge is 0.310 e. The molecule has 0 spiro atoms. The van der Waals surface area contributed by atoms with Crippen LogP contribution in [0.5, 0.6) is 0 Å². The van der Waals surface area contributed by atoms with Gasteiger partial charge in [-0.1, -0.05) is 115 Å². The number of rotatable bonds is 6. The zero-order chi connectivity index (χ0) is 38.2. The molecule has 0 radical (unpaired) electrons. The molecule has 3 aromatic heterocycles. The van der Waals surface area contributed by atoms with Gasteiger partial charge >= 0.3 is 0 Å². The molecule has 3 heterocycles. The maximum Gasteiger partial charge on any atom is 0.0541 e. The van der Waals surface area contributed by atoms with E-state index in [0.29, 0.717) is 0 Å². The number of aromatic nitrogens is 1. The lowest BCUT2D eigenvalue weighted by molar-refractivity contribution is 1.18. The third-order valence-corrected chi connectivity index (χ3v) is 13.9. The molecule has 0 bridgehead atoms. The van der Waals surface area contributed by atoms with Crippen LogP contribution in [0.1, 0.15) is 0 Å². The van der Waals surface area contributed by atoms with E-state index >= 15 is 0 Å². The molecule has 0 aliphatic carbocycles. The van der Waals surface area contributed by atoms with E-state index in [1.807, 2.05) is 22.7 Å². The van der Waals surface area contributed by atoms with Crippen molar-refractivity contribution in [2.75, 3.05) is 4.90 Å². The smallest absolute Gasteiger partial charge is 0.0541 e. The maximum atomic E-state index is 2.39. The number of hydrogen-bond donors (Lipinski definition) is 0. The molecule has 12 rings (SSSR count). The van der Waals surface area contributed by atoms with Gasteiger partial charge in [0.05, 0.1) is 11.0 Å². The Morgan fingerprint density at radius 2 is 0.776 bits per heavy atom. The van der Waals surface area contributed by atoms with Gasteiger partial charge in [0, 0.05) is 73.9 Å². The Balaban J connectivity index is 0.948. The number of thiophene rings is 2. The van der Waals surface area contributed by atoms with Crippen LogP contribution in [0.25, 0.3) is 90.1 Å². The second kappa shape index (κ2) is 13.3. The molecule has 0 saturated carbocycles. The Bertz CT molecular complexity index is 3500. The Morgan fingerprint density at radius 1 is 0.293 bits per heavy atom. The lowest BCUT2D eigenvalue weighted by Gasteiger charge is -2.26. The maximum absolute atomic E-state index is 2.39. The molecule has 12 aromatic rings. The van der Waals surface area contributed by atoms with E-state index in [9.17, 15) is 0 Å². The molecule has 0 saturated heterocycles. The molecule has 0 fully saturated rings. The summed E-state index contributed by atoms with van der Waals surface area (Å²) in [5, 5.41) is 7.77. The van der Waals surface area contributed by atoms with Crippen molar-refractivity contribution < 1.29 is 0 Å². The minimum atomic E-state index is 1.12. The van der Waals surface area contributed by atoms with Crippen LogP contribution in [0.3, 0.4) is 0 Å². The van der Waals surface area contributed by atoms with Crippen LogP contribution in [-0.4, -0.2) is 4.57 Å². The molecule has 4 heteroatoms. The molecule has 58 heavy (non-hydrogen) atoms. The molecule has 9 aromatic carbocycles. The fourth-order valence-corrected chi connectivity index (χ4v) is 11.0. The first-order chi connectivity index (χ1) is 28.7. The molecule has 0 N–H and O–H groups in total. The molecule has 0 aliphatic heterocycles. The number of hydrogen-bond acceptors (Lipinski definition) is 3. The Morgan fingerprint density at radius 3 is 1.48 bits per heavy atom. The van der Waals surface area contributed by atoms with Gasteiger partial charge < -0.3 is 9.47 Å². The van der Waals surface area contributed by atoms with Crippen LogP contribution >= 0.6 is 22.7 Å². The summed E-state index contributed by atoms with van der Waals surface area (Å²) in [7, 11) is 0. The highest BCUT2D eigenvalue weighted by Crippen LogP contribution is 2.43. The minimum Gasteiger partial charge on any atom is -0.310 e. The van der Waals surface area contributed by atoms with Crippen LogP contribution in [0, 0.1) is 0 Å². The van der Waals surface area contributed by atoms with E-state index in [1.165, 1.54) is 90.1 Å². The molecule has 272 valence electrons. The summed E-state index contributed by atoms with van der Waals surface area (Å²) in [5.74, 6) is 0. The number of anilines is 3. The van der Waals surface area contributed by atoms with E-state index in [1.54, 1.807) is 0 Å². The van der Waals surface area contributed by atoms with Gasteiger partial charge in [-0.15, -0.1) is 22.7 Å². The molecular weight excluding hydrogens is 741 g/mol. The Labute approximate surface area is 343 Å². The van der Waals surface area contributed by atoms with Gasteiger partial charge in [0.15, 0.2) is 0 Å². The normalized spacial score (nSPS) is 11.8. The molecule has 0 amide bonds. The first-order valence-electron chi connectivity index (χ1n) is 19.7. The van der Waals surface area contributed by atoms with E-state index in [2.05, 4.69) is 216 Å². The van der Waals surface area contributed by atoms with Gasteiger partial charge in [-0.05, 0) is 113 Å². The van der Waals surface area contributed by atoms with Crippen molar-refractivity contribution in [3.63, 3.8) is 0 Å². The third-order valence-electron chi connectivity index (χ3n) is 11.6. The van der Waals surface area contributed by atoms with Gasteiger partial charge in [0.2, 0.25) is 0 Å². The SMILES string of the molecule is c1ccc(-n2c3ccccc3c3cc(-c4ccc(N(c5ccc(-c6ccc7sc8ccccc8c7c6)cc5)c5ccc6c(c5)sc5ccccc56)cc4)ccc32)cc1. The third kappa shape index (κ3) is 5.37. The summed E-state index contributed by atoms with van der Waals surface area (Å²) >= 11 is 3.72. The lowest BCUT2D eigenvalue weighted by atomic mass is 10.0. The second-order valence-electron chi connectivity index (χ2n) is 14.9. The van der Waals surface area contributed by atoms with Crippen molar-refractivity contribution in [2.45, 2.75) is 0 Å². The lowest BCUT2D eigenvalue weighted by Crippen LogP contribution is -2.09. The first kappa shape index (κ1) is 33.2. The quantitative estimate of drug-likeness (QED) is 0.163. The summed E-state index contributed by atoms with van der Waals surface area (Å²) in [4.78, 5) is 2.39. The predicted molar refractivity (Wildman–Crippen MR) is 252 cm³/mol. The first-order valence-corrected chi connectivity index (χ1v) is 21.3. The highest BCUT2D eigenvalue weighted by Gasteiger charge is 2.17. The van der Waals surface area contributed by atoms with Crippen molar-refractivity contribution in [1.29, 1.82) is 0 Å². The predicted octanol–water partition coefficient (Wildman–Crippen LogP) is 16.3. The van der Waals surface area contributed by atoms with Crippen molar-refractivity contribution in [2.24, 2.45) is 0 Å². The average molecular weight is 775 g/mol. The zero-order valence-electron chi connectivity index (χ0n) is 31.3. The minimum absolute atomic E-state index is 1.12. The van der Waals surface area contributed by atoms with E-state index < -0.39 is 0 Å². The van der Waals surface area contributed by atoms with Gasteiger partial charge in [-0.25, -0.2) is 0 Å². The summed E-state index contributed by atoms with van der Waals surface area (Å²) in [6.45, 7) is 0. The molecule has 0 unspecified atom stereocenters. The van der Waals surface area contributed by atoms with Gasteiger partial charge in [0.1, 0.15) is 0 Å². The fraction of sp³-hybridized carbons (Fsp3) is 0. The standard InChI is InChI=1S/C54H34N2S2/c1-2-10-39(11-3-1)56-49-15-7-4-12-43(49)47-32-37(22-30-50(47)56)35-18-24-40(25-19-35)55(42-28-29-46-44-13-5-8-16-51(44)58-54(46)34-42)41-26-20-36(21-27-41)38-23-31-53-48(33-38)45-14-6-9-17-52(45)57-53/h1-34H. The molecule has 2 nitrogen and oxygen atoms in total. The van der Waals surface area contributed by atoms with Gasteiger partial charge in [-0.3, -0.25) is 0 Å². The summed E-state index contributed by atoms with van der Waals surface area (Å²) in [6, 6.07) is 75.7. The van der Waals surface area contributed by atoms with Crippen LogP contribution in [-0.2, 0) is 0 Å². The molecule has 0 atom stereocenters. The molecule has 0 aliphatic rings. The Hall–Kier alpha value is -6.98. The van der Waals surface area contributed by atoms with Crippen LogP contribution < -0.4 is 4.90 Å². The number of para-hydroxylation sites is 2. The van der Waals surface area contributed by atoms with E-state index in [0.717, 1.165) is 17.1 Å². The average Bonchev–Trinajstić information content (AvgIpc) is 3.96. The van der Waals surface area contributed by atoms with Crippen molar-refractivity contribution >= 4 is 102 Å². The Kier molecular flexibility index (Phi) is 7.62. The van der Waals surface area contributed by atoms with Crippen LogP contribution in [0.4, 0.5) is 17.1 Å². The highest BCUT2D eigenvalue weighted by atomic mass is 32.1. The van der Waals surface area contributed by atoms with Gasteiger partial charge in [0.25, 0.3) is 0 Å². The van der Waals surface area contributed by atoms with Crippen LogP contribution in [0.2, 0.25) is 0 Å². The van der Waals surface area contributed by atoms with Crippen molar-refractivity contribution in [1.82, 2.24) is 4.57 Å². The molecular formula is C54H34N2S2. The number of benzene rings is 9. The summed E-state index contributed by atoms with van der Waals surface area (Å²) in [5.41, 5.74) is 11.8. The number of fused-ring (bicyclic) bond motifs is 9. The summed E-state index contributed by atoms with van der Waals surface area (Å²) < 4.78 is 7.63. The van der Waals surface area contributed by atoms with E-state index in [4.69, 9.17) is 0 Å². The van der Waals surface area contributed by atoms with Gasteiger partial charge in [-0.2, -0.15) is 0 Å². The second-order valence-corrected chi connectivity index (χ2v) is 17.1. The number of nitrogens with zero attached hydrogens (tertiary/aromatic N) is 2. The topological polar surface area (TPSA) is 8.17 Å². The highest BCUT2D eigenvalue weighted by molar-refractivity contribution is 7.26. The monoisotopic (exact) mass is 774 g/mol.